The molecule has 0 aliphatic carbocycles. The molecule has 1 atom stereocenters. The summed E-state index contributed by atoms with van der Waals surface area (Å²) in [5.41, 5.74) is 3.11. The zero-order chi connectivity index (χ0) is 16.2. The highest BCUT2D eigenvalue weighted by molar-refractivity contribution is 6.20. The SMILES string of the molecule is CC[C@H](NC(=O)C1=CNCc2ccccc21)c1ccccc1F. The average molecular weight is 310 g/mol. The summed E-state index contributed by atoms with van der Waals surface area (Å²) in [4.78, 5) is 12.7. The van der Waals surface area contributed by atoms with E-state index >= 15 is 0 Å². The van der Waals surface area contributed by atoms with Crippen LogP contribution < -0.4 is 10.6 Å². The Bertz CT molecular complexity index is 755. The Labute approximate surface area is 135 Å². The maximum absolute atomic E-state index is 14.0. The number of rotatable bonds is 4. The van der Waals surface area contributed by atoms with Gasteiger partial charge in [-0.25, -0.2) is 4.39 Å². The number of hydrogen-bond donors (Lipinski definition) is 2. The average Bonchev–Trinajstić information content (AvgIpc) is 2.59. The summed E-state index contributed by atoms with van der Waals surface area (Å²) >= 11 is 0. The van der Waals surface area contributed by atoms with Gasteiger partial charge in [0.1, 0.15) is 5.82 Å². The highest BCUT2D eigenvalue weighted by Crippen LogP contribution is 2.25. The molecular weight excluding hydrogens is 291 g/mol. The second kappa shape index (κ2) is 6.65. The monoisotopic (exact) mass is 310 g/mol. The fourth-order valence-electron chi connectivity index (χ4n) is 2.86. The normalized spacial score (nSPS) is 14.3. The van der Waals surface area contributed by atoms with E-state index < -0.39 is 0 Å². The first kappa shape index (κ1) is 15.3. The Morgan fingerprint density at radius 3 is 2.74 bits per heavy atom. The zero-order valence-corrected chi connectivity index (χ0v) is 13.0. The predicted molar refractivity (Wildman–Crippen MR) is 88.8 cm³/mol. The smallest absolute Gasteiger partial charge is 0.253 e. The largest absolute Gasteiger partial charge is 0.386 e. The number of amides is 1. The molecule has 1 aliphatic rings. The molecule has 3 nitrogen and oxygen atoms in total. The number of nitrogens with one attached hydrogen (secondary N) is 2. The maximum atomic E-state index is 14.0. The van der Waals surface area contributed by atoms with E-state index in [2.05, 4.69) is 10.6 Å². The molecule has 4 heteroatoms. The minimum atomic E-state index is -0.348. The van der Waals surface area contributed by atoms with Crippen LogP contribution in [0.1, 0.15) is 36.1 Å². The van der Waals surface area contributed by atoms with Gasteiger partial charge in [-0.2, -0.15) is 0 Å². The van der Waals surface area contributed by atoms with E-state index in [-0.39, 0.29) is 17.8 Å². The van der Waals surface area contributed by atoms with Crippen LogP contribution in [0.25, 0.3) is 5.57 Å². The van der Waals surface area contributed by atoms with Crippen molar-refractivity contribution in [2.24, 2.45) is 0 Å². The van der Waals surface area contributed by atoms with Gasteiger partial charge in [0.2, 0.25) is 0 Å². The van der Waals surface area contributed by atoms with Gasteiger partial charge in [-0.3, -0.25) is 4.79 Å². The number of carbonyl (C=O) groups excluding carboxylic acids is 1. The second-order valence-electron chi connectivity index (χ2n) is 5.55. The third-order valence-electron chi connectivity index (χ3n) is 4.09. The predicted octanol–water partition coefficient (Wildman–Crippen LogP) is 3.54. The molecule has 0 saturated carbocycles. The molecule has 3 rings (SSSR count). The summed E-state index contributed by atoms with van der Waals surface area (Å²) in [7, 11) is 0. The van der Waals surface area contributed by atoms with E-state index in [1.54, 1.807) is 24.4 Å². The first-order valence-corrected chi connectivity index (χ1v) is 7.77. The standard InChI is InChI=1S/C19H19FN2O/c1-2-18(15-9-5-6-10-17(15)20)22-19(23)16-12-21-11-13-7-3-4-8-14(13)16/h3-10,12,18,21H,2,11H2,1H3,(H,22,23)/t18-/m0/s1. The molecular formula is C19H19FN2O. The van der Waals surface area contributed by atoms with Crippen molar-refractivity contribution in [1.82, 2.24) is 10.6 Å². The van der Waals surface area contributed by atoms with Crippen molar-refractivity contribution < 1.29 is 9.18 Å². The van der Waals surface area contributed by atoms with Crippen LogP contribution in [0, 0.1) is 5.82 Å². The lowest BCUT2D eigenvalue weighted by molar-refractivity contribution is -0.116. The summed E-state index contributed by atoms with van der Waals surface area (Å²) in [5.74, 6) is -0.490. The molecule has 0 radical (unpaired) electrons. The van der Waals surface area contributed by atoms with Gasteiger partial charge in [0.05, 0.1) is 11.6 Å². The highest BCUT2D eigenvalue weighted by Gasteiger charge is 2.22. The van der Waals surface area contributed by atoms with Crippen LogP contribution in [0.15, 0.2) is 54.7 Å². The number of hydrogen-bond acceptors (Lipinski definition) is 2. The van der Waals surface area contributed by atoms with Gasteiger partial charge in [-0.1, -0.05) is 49.4 Å². The van der Waals surface area contributed by atoms with E-state index in [1.165, 1.54) is 6.07 Å². The topological polar surface area (TPSA) is 41.1 Å². The molecule has 2 N–H and O–H groups in total. The lowest BCUT2D eigenvalue weighted by Gasteiger charge is -2.22. The van der Waals surface area contributed by atoms with Crippen molar-refractivity contribution in [3.8, 4) is 0 Å². The molecule has 0 unspecified atom stereocenters. The van der Waals surface area contributed by atoms with Gasteiger partial charge < -0.3 is 10.6 Å². The van der Waals surface area contributed by atoms with Crippen LogP contribution in [0.4, 0.5) is 4.39 Å². The number of carbonyl (C=O) groups is 1. The lowest BCUT2D eigenvalue weighted by atomic mass is 9.96. The number of benzene rings is 2. The molecule has 2 aromatic rings. The van der Waals surface area contributed by atoms with E-state index in [1.807, 2.05) is 31.2 Å². The molecule has 1 aliphatic heterocycles. The Morgan fingerprint density at radius 2 is 1.96 bits per heavy atom. The van der Waals surface area contributed by atoms with Gasteiger partial charge in [-0.15, -0.1) is 0 Å². The second-order valence-corrected chi connectivity index (χ2v) is 5.55. The Hall–Kier alpha value is -2.62. The molecule has 1 heterocycles. The van der Waals surface area contributed by atoms with E-state index in [4.69, 9.17) is 0 Å². The van der Waals surface area contributed by atoms with Crippen LogP contribution in [0.2, 0.25) is 0 Å². The van der Waals surface area contributed by atoms with Gasteiger partial charge in [-0.05, 0) is 23.6 Å². The Kier molecular flexibility index (Phi) is 4.42. The van der Waals surface area contributed by atoms with Crippen LogP contribution in [-0.4, -0.2) is 5.91 Å². The minimum Gasteiger partial charge on any atom is -0.386 e. The first-order valence-electron chi connectivity index (χ1n) is 7.77. The van der Waals surface area contributed by atoms with Crippen LogP contribution >= 0.6 is 0 Å². The quantitative estimate of drug-likeness (QED) is 0.907. The third kappa shape index (κ3) is 3.11. The fraction of sp³-hybridized carbons (Fsp3) is 0.211. The van der Waals surface area contributed by atoms with Crippen LogP contribution in [-0.2, 0) is 11.3 Å². The van der Waals surface area contributed by atoms with Crippen molar-refractivity contribution in [3.05, 3.63) is 77.2 Å². The summed E-state index contributed by atoms with van der Waals surface area (Å²) in [6.45, 7) is 2.64. The maximum Gasteiger partial charge on any atom is 0.253 e. The molecule has 1 amide bonds. The van der Waals surface area contributed by atoms with Gasteiger partial charge in [0.15, 0.2) is 0 Å². The van der Waals surface area contributed by atoms with Crippen molar-refractivity contribution in [2.45, 2.75) is 25.9 Å². The number of fused-ring (bicyclic) bond motifs is 1. The zero-order valence-electron chi connectivity index (χ0n) is 13.0. The molecule has 0 fully saturated rings. The molecule has 2 aromatic carbocycles. The molecule has 23 heavy (non-hydrogen) atoms. The molecule has 0 bridgehead atoms. The van der Waals surface area contributed by atoms with E-state index in [0.717, 1.165) is 11.1 Å². The van der Waals surface area contributed by atoms with Gasteiger partial charge in [0, 0.05) is 18.3 Å². The van der Waals surface area contributed by atoms with Crippen molar-refractivity contribution in [1.29, 1.82) is 0 Å². The van der Waals surface area contributed by atoms with Crippen LogP contribution in [0.3, 0.4) is 0 Å². The lowest BCUT2D eigenvalue weighted by Crippen LogP contribution is -2.31. The van der Waals surface area contributed by atoms with Crippen molar-refractivity contribution in [2.75, 3.05) is 0 Å². The van der Waals surface area contributed by atoms with Crippen LogP contribution in [0.5, 0.6) is 0 Å². The molecule has 0 saturated heterocycles. The summed E-state index contributed by atoms with van der Waals surface area (Å²) in [6, 6.07) is 14.0. The number of halogens is 1. The van der Waals surface area contributed by atoms with Gasteiger partial charge >= 0.3 is 0 Å². The fourth-order valence-corrected chi connectivity index (χ4v) is 2.86. The van der Waals surface area contributed by atoms with Gasteiger partial charge in [0.25, 0.3) is 5.91 Å². The molecule has 0 spiro atoms. The Morgan fingerprint density at radius 1 is 1.22 bits per heavy atom. The first-order chi connectivity index (χ1) is 11.2. The van der Waals surface area contributed by atoms with E-state index in [9.17, 15) is 9.18 Å². The van der Waals surface area contributed by atoms with Crippen molar-refractivity contribution >= 4 is 11.5 Å². The third-order valence-corrected chi connectivity index (χ3v) is 4.09. The van der Waals surface area contributed by atoms with E-state index in [0.29, 0.717) is 24.1 Å². The Balaban J connectivity index is 1.84. The highest BCUT2D eigenvalue weighted by atomic mass is 19.1. The summed E-state index contributed by atoms with van der Waals surface area (Å²) < 4.78 is 14.0. The molecule has 118 valence electrons. The summed E-state index contributed by atoms with van der Waals surface area (Å²) in [5, 5.41) is 6.06. The minimum absolute atomic E-state index is 0.195. The van der Waals surface area contributed by atoms with Crippen molar-refractivity contribution in [3.63, 3.8) is 0 Å². The summed E-state index contributed by atoms with van der Waals surface area (Å²) in [6.07, 6.45) is 2.35. The molecule has 0 aromatic heterocycles.